The highest BCUT2D eigenvalue weighted by Crippen LogP contribution is 2.69. The average molecular weight is 698 g/mol. The summed E-state index contributed by atoms with van der Waals surface area (Å²) in [5.74, 6) is -6.34. The Morgan fingerprint density at radius 2 is 1.73 bits per heavy atom. The van der Waals surface area contributed by atoms with E-state index in [9.17, 15) is 45.5 Å². The van der Waals surface area contributed by atoms with Gasteiger partial charge in [-0.25, -0.2) is 9.78 Å². The van der Waals surface area contributed by atoms with E-state index in [2.05, 4.69) is 20.0 Å². The first-order valence-corrected chi connectivity index (χ1v) is 15.7. The monoisotopic (exact) mass is 697 g/mol. The van der Waals surface area contributed by atoms with Gasteiger partial charge in [-0.1, -0.05) is 13.8 Å². The first-order valence-electron chi connectivity index (χ1n) is 14.9. The molecular formula is C31H29F6N5O5S. The van der Waals surface area contributed by atoms with E-state index < -0.39 is 65.2 Å². The zero-order valence-electron chi connectivity index (χ0n) is 26.2. The van der Waals surface area contributed by atoms with Crippen LogP contribution in [-0.2, 0) is 31.8 Å². The number of fused-ring (bicyclic) bond motifs is 2. The summed E-state index contributed by atoms with van der Waals surface area (Å²) in [5.41, 5.74) is -4.66. The second-order valence-corrected chi connectivity index (χ2v) is 14.0. The van der Waals surface area contributed by atoms with Crippen LogP contribution in [0.1, 0.15) is 54.2 Å². The van der Waals surface area contributed by atoms with Crippen molar-refractivity contribution < 1.29 is 50.3 Å². The van der Waals surface area contributed by atoms with Crippen LogP contribution in [0.4, 0.5) is 26.3 Å². The largest absolute Gasteiger partial charge is 0.490 e. The zero-order valence-corrected chi connectivity index (χ0v) is 27.0. The number of rotatable bonds is 5. The second kappa shape index (κ2) is 10.9. The molecule has 48 heavy (non-hydrogen) atoms. The molecule has 2 unspecified atom stereocenters. The second-order valence-electron chi connectivity index (χ2n) is 12.9. The highest BCUT2D eigenvalue weighted by Gasteiger charge is 2.88. The lowest BCUT2D eigenvalue weighted by Gasteiger charge is -2.40. The number of carbonyl (C=O) groups excluding carboxylic acids is 4. The van der Waals surface area contributed by atoms with Gasteiger partial charge in [0.25, 0.3) is 11.8 Å². The topological polar surface area (TPSA) is 122 Å². The molecule has 3 aromatic rings. The molecule has 3 fully saturated rings. The third kappa shape index (κ3) is 5.04. The number of esters is 1. The van der Waals surface area contributed by atoms with Gasteiger partial charge in [0.15, 0.2) is 0 Å². The maximum absolute atomic E-state index is 14.1. The van der Waals surface area contributed by atoms with Crippen molar-refractivity contribution in [1.82, 2.24) is 25.1 Å². The van der Waals surface area contributed by atoms with Crippen molar-refractivity contribution in [2.75, 3.05) is 13.1 Å². The summed E-state index contributed by atoms with van der Waals surface area (Å²) in [6.07, 6.45) is -8.90. The van der Waals surface area contributed by atoms with E-state index in [-0.39, 0.29) is 40.0 Å². The summed E-state index contributed by atoms with van der Waals surface area (Å²) in [6, 6.07) is 3.18. The minimum Gasteiger partial charge on any atom is -0.441 e. The molecule has 1 aliphatic carbocycles. The molecule has 2 saturated heterocycles. The van der Waals surface area contributed by atoms with Crippen molar-refractivity contribution >= 4 is 45.2 Å². The van der Waals surface area contributed by atoms with Gasteiger partial charge in [-0.2, -0.15) is 26.3 Å². The summed E-state index contributed by atoms with van der Waals surface area (Å²) in [5, 5.41) is 3.21. The van der Waals surface area contributed by atoms with E-state index in [1.807, 2.05) is 13.8 Å². The molecule has 256 valence electrons. The van der Waals surface area contributed by atoms with Crippen molar-refractivity contribution in [3.8, 4) is 11.3 Å². The van der Waals surface area contributed by atoms with Crippen LogP contribution in [0.2, 0.25) is 0 Å². The normalized spacial score (nSPS) is 25.4. The van der Waals surface area contributed by atoms with Crippen LogP contribution in [0.5, 0.6) is 0 Å². The lowest BCUT2D eigenvalue weighted by Crippen LogP contribution is -2.57. The Kier molecular flexibility index (Phi) is 7.70. The minimum absolute atomic E-state index is 0.0216. The van der Waals surface area contributed by atoms with E-state index >= 15 is 0 Å². The molecule has 1 saturated carbocycles. The van der Waals surface area contributed by atoms with Crippen LogP contribution in [0, 0.1) is 18.3 Å². The summed E-state index contributed by atoms with van der Waals surface area (Å²) in [7, 11) is 0. The summed E-state index contributed by atoms with van der Waals surface area (Å²) < 4.78 is 86.2. The molecule has 0 aromatic carbocycles. The number of pyridine rings is 2. The van der Waals surface area contributed by atoms with E-state index in [1.54, 1.807) is 4.90 Å². The van der Waals surface area contributed by atoms with Gasteiger partial charge >= 0.3 is 18.3 Å². The van der Waals surface area contributed by atoms with Crippen LogP contribution in [0.15, 0.2) is 24.4 Å². The number of hydrogen-bond acceptors (Lipinski definition) is 9. The van der Waals surface area contributed by atoms with Gasteiger partial charge in [0.2, 0.25) is 11.5 Å². The number of nitrogens with one attached hydrogen (secondary N) is 1. The number of thiophene rings is 1. The maximum Gasteiger partial charge on any atom is 0.490 e. The number of aryl methyl sites for hydroxylation is 1. The first-order chi connectivity index (χ1) is 22.2. The Morgan fingerprint density at radius 1 is 1.08 bits per heavy atom. The summed E-state index contributed by atoms with van der Waals surface area (Å²) in [4.78, 5) is 63.4. The highest BCUT2D eigenvalue weighted by atomic mass is 32.1. The number of piperidine rings is 1. The van der Waals surface area contributed by atoms with Crippen LogP contribution in [0.25, 0.3) is 21.5 Å². The number of alkyl halides is 6. The molecule has 3 amide bonds. The summed E-state index contributed by atoms with van der Waals surface area (Å²) >= 11 is 0.966. The number of piperazine rings is 1. The quantitative estimate of drug-likeness (QED) is 0.228. The molecule has 0 radical (unpaired) electrons. The molecule has 5 heterocycles. The number of likely N-dealkylation sites (tertiary alicyclic amines) is 1. The van der Waals surface area contributed by atoms with Gasteiger partial charge in [0.05, 0.1) is 33.9 Å². The molecule has 3 aliphatic rings. The van der Waals surface area contributed by atoms with Crippen LogP contribution < -0.4 is 5.32 Å². The Balaban J connectivity index is 1.40. The number of imide groups is 1. The fourth-order valence-corrected chi connectivity index (χ4v) is 8.12. The van der Waals surface area contributed by atoms with Crippen LogP contribution in [0.3, 0.4) is 0 Å². The van der Waals surface area contributed by atoms with E-state index in [1.165, 1.54) is 39.1 Å². The van der Waals surface area contributed by atoms with Gasteiger partial charge in [-0.05, 0) is 44.5 Å². The van der Waals surface area contributed by atoms with Crippen molar-refractivity contribution in [1.29, 1.82) is 0 Å². The number of halogens is 6. The number of ether oxygens (including phenoxy) is 1. The van der Waals surface area contributed by atoms with Gasteiger partial charge in [0.1, 0.15) is 5.69 Å². The van der Waals surface area contributed by atoms with Gasteiger partial charge < -0.3 is 15.0 Å². The van der Waals surface area contributed by atoms with E-state index in [0.29, 0.717) is 27.6 Å². The minimum atomic E-state index is -5.39. The highest BCUT2D eigenvalue weighted by molar-refractivity contribution is 7.19. The van der Waals surface area contributed by atoms with Gasteiger partial charge in [-0.15, -0.1) is 11.3 Å². The lowest BCUT2D eigenvalue weighted by atomic mass is 9.97. The Morgan fingerprint density at radius 3 is 2.33 bits per heavy atom. The fourth-order valence-electron chi connectivity index (χ4n) is 7.00. The van der Waals surface area contributed by atoms with Gasteiger partial charge in [-0.3, -0.25) is 24.3 Å². The SMILES string of the molecule is Cc1cc(C(F)(F)F)nc(-c2ccnc3cc(CN4C(=O)C5C(C)(C)C5(OC(=O)C(F)(F)F)C4=O)sc23)c1C(=O)N1[C@@H](C)CNC[C@@H]1C. The Hall–Kier alpha value is -4.12. The Labute approximate surface area is 273 Å². The number of aromatic nitrogens is 2. The van der Waals surface area contributed by atoms with Crippen molar-refractivity contribution in [3.63, 3.8) is 0 Å². The van der Waals surface area contributed by atoms with Crippen molar-refractivity contribution in [3.05, 3.63) is 46.1 Å². The van der Waals surface area contributed by atoms with E-state index in [4.69, 9.17) is 0 Å². The molecule has 6 rings (SSSR count). The van der Waals surface area contributed by atoms with Gasteiger partial charge in [0, 0.05) is 47.2 Å². The number of hydrogen-bond donors (Lipinski definition) is 1. The summed E-state index contributed by atoms with van der Waals surface area (Å²) in [6.45, 7) is 8.30. The standard InChI is InChI=1S/C31H29F6N5O5S/c1-13-8-19(30(32,33)34)40-21(20(13)24(43)42-14(2)10-38-11-15(42)3)17-6-7-39-18-9-16(48-22(17)18)12-41-25(44)23-28(4,5)29(23,26(41)45)47-27(46)31(35,36)37/h6-9,14-15,23,38H,10-12H2,1-5H3/t14-,15-,23?,29?/m0/s1. The third-order valence-electron chi connectivity index (χ3n) is 9.38. The van der Waals surface area contributed by atoms with Crippen molar-refractivity contribution in [2.45, 2.75) is 71.2 Å². The molecular weight excluding hydrogens is 668 g/mol. The molecule has 1 N–H and O–H groups in total. The van der Waals surface area contributed by atoms with Crippen molar-refractivity contribution in [2.24, 2.45) is 11.3 Å². The molecule has 2 aliphatic heterocycles. The number of amides is 3. The predicted octanol–water partition coefficient (Wildman–Crippen LogP) is 4.88. The molecule has 17 heteroatoms. The van der Waals surface area contributed by atoms with Crippen LogP contribution in [-0.4, -0.2) is 80.4 Å². The molecule has 0 spiro atoms. The number of carbonyl (C=O) groups is 4. The molecule has 0 bridgehead atoms. The number of nitrogens with zero attached hydrogens (tertiary/aromatic N) is 4. The zero-order chi connectivity index (χ0) is 35.3. The lowest BCUT2D eigenvalue weighted by molar-refractivity contribution is -0.209. The van der Waals surface area contributed by atoms with Crippen LogP contribution >= 0.6 is 11.3 Å². The third-order valence-corrected chi connectivity index (χ3v) is 10.5. The molecule has 3 aromatic heterocycles. The molecule has 4 atom stereocenters. The Bertz CT molecular complexity index is 1880. The smallest absolute Gasteiger partial charge is 0.441 e. The molecule has 10 nitrogen and oxygen atoms in total. The van der Waals surface area contributed by atoms with E-state index in [0.717, 1.165) is 17.4 Å². The first kappa shape index (κ1) is 33.8. The fraction of sp³-hybridized carbons (Fsp3) is 0.484. The predicted molar refractivity (Wildman–Crippen MR) is 158 cm³/mol. The average Bonchev–Trinajstić information content (AvgIpc) is 3.19. The maximum atomic E-state index is 14.1.